The van der Waals surface area contributed by atoms with Gasteiger partial charge >= 0.3 is 0 Å². The Bertz CT molecular complexity index is 356. The summed E-state index contributed by atoms with van der Waals surface area (Å²) < 4.78 is 0. The summed E-state index contributed by atoms with van der Waals surface area (Å²) >= 11 is 0. The molecule has 0 spiro atoms. The molecule has 1 aliphatic rings. The maximum Gasteiger partial charge on any atom is 0.0114 e. The van der Waals surface area contributed by atoms with Crippen LogP contribution in [-0.2, 0) is 5.41 Å². The molecule has 0 nitrogen and oxygen atoms in total. The molecule has 0 saturated heterocycles. The third-order valence-electron chi connectivity index (χ3n) is 3.15. The van der Waals surface area contributed by atoms with Gasteiger partial charge in [-0.2, -0.15) is 0 Å². The van der Waals surface area contributed by atoms with Crippen LogP contribution in [0.1, 0.15) is 38.3 Å². The molecule has 0 heteroatoms. The Morgan fingerprint density at radius 3 is 2.46 bits per heavy atom. The van der Waals surface area contributed by atoms with E-state index in [4.69, 9.17) is 0 Å². The van der Waals surface area contributed by atoms with Crippen LogP contribution < -0.4 is 0 Å². The second-order valence-electron chi connectivity index (χ2n) is 4.24. The number of hydrogen-bond donors (Lipinski definition) is 0. The molecule has 1 aromatic rings. The van der Waals surface area contributed by atoms with Gasteiger partial charge in [-0.25, -0.2) is 0 Å². The predicted molar refractivity (Wildman–Crippen MR) is 57.7 cm³/mol. The fourth-order valence-corrected chi connectivity index (χ4v) is 2.28. The molecule has 13 heavy (non-hydrogen) atoms. The standard InChI is InChI=1S/C13H16/c1-4-11-9-10-7-5-6-8-12(10)13(11,2)3/h5-9H,4H2,1-3H3. The first-order chi connectivity index (χ1) is 6.16. The summed E-state index contributed by atoms with van der Waals surface area (Å²) in [4.78, 5) is 0. The van der Waals surface area contributed by atoms with E-state index in [0.717, 1.165) is 6.42 Å². The van der Waals surface area contributed by atoms with E-state index in [1.807, 2.05) is 0 Å². The van der Waals surface area contributed by atoms with Gasteiger partial charge in [0.15, 0.2) is 0 Å². The third-order valence-corrected chi connectivity index (χ3v) is 3.15. The Morgan fingerprint density at radius 1 is 1.15 bits per heavy atom. The Morgan fingerprint density at radius 2 is 1.85 bits per heavy atom. The zero-order chi connectivity index (χ0) is 9.47. The van der Waals surface area contributed by atoms with Crippen LogP contribution in [0.3, 0.4) is 0 Å². The fraction of sp³-hybridized carbons (Fsp3) is 0.385. The summed E-state index contributed by atoms with van der Waals surface area (Å²) in [6.45, 7) is 6.86. The van der Waals surface area contributed by atoms with Crippen LogP contribution in [0.15, 0.2) is 29.8 Å². The van der Waals surface area contributed by atoms with Crippen molar-refractivity contribution in [3.63, 3.8) is 0 Å². The van der Waals surface area contributed by atoms with Gasteiger partial charge < -0.3 is 0 Å². The molecule has 1 aromatic carbocycles. The van der Waals surface area contributed by atoms with Crippen molar-refractivity contribution in [3.8, 4) is 0 Å². The molecule has 0 unspecified atom stereocenters. The highest BCUT2D eigenvalue weighted by molar-refractivity contribution is 5.68. The first-order valence-electron chi connectivity index (χ1n) is 4.97. The highest BCUT2D eigenvalue weighted by atomic mass is 14.3. The molecule has 0 fully saturated rings. The first-order valence-corrected chi connectivity index (χ1v) is 4.97. The van der Waals surface area contributed by atoms with Gasteiger partial charge in [0.2, 0.25) is 0 Å². The number of fused-ring (bicyclic) bond motifs is 1. The van der Waals surface area contributed by atoms with Crippen LogP contribution >= 0.6 is 0 Å². The van der Waals surface area contributed by atoms with Crippen LogP contribution in [0.25, 0.3) is 6.08 Å². The maximum atomic E-state index is 2.34. The van der Waals surface area contributed by atoms with Crippen molar-refractivity contribution in [2.24, 2.45) is 0 Å². The minimum atomic E-state index is 0.255. The van der Waals surface area contributed by atoms with Crippen molar-refractivity contribution in [3.05, 3.63) is 41.0 Å². The first kappa shape index (κ1) is 8.55. The summed E-state index contributed by atoms with van der Waals surface area (Å²) in [6, 6.07) is 8.70. The van der Waals surface area contributed by atoms with Crippen molar-refractivity contribution in [1.29, 1.82) is 0 Å². The lowest BCUT2D eigenvalue weighted by molar-refractivity contribution is 0.618. The lowest BCUT2D eigenvalue weighted by atomic mass is 9.80. The Kier molecular flexibility index (Phi) is 1.80. The molecule has 0 amide bonds. The summed E-state index contributed by atoms with van der Waals surface area (Å²) in [5.74, 6) is 0. The lowest BCUT2D eigenvalue weighted by Gasteiger charge is -2.23. The fourth-order valence-electron chi connectivity index (χ4n) is 2.28. The molecule has 0 N–H and O–H groups in total. The minimum absolute atomic E-state index is 0.255. The molecule has 0 aromatic heterocycles. The average molecular weight is 172 g/mol. The van der Waals surface area contributed by atoms with E-state index in [0.29, 0.717) is 0 Å². The molecule has 0 heterocycles. The minimum Gasteiger partial charge on any atom is -0.0619 e. The predicted octanol–water partition coefficient (Wildman–Crippen LogP) is 3.77. The van der Waals surface area contributed by atoms with Gasteiger partial charge in [-0.1, -0.05) is 56.7 Å². The maximum absolute atomic E-state index is 2.34. The molecule has 68 valence electrons. The smallest absolute Gasteiger partial charge is 0.0114 e. The highest BCUT2D eigenvalue weighted by Crippen LogP contribution is 2.42. The van der Waals surface area contributed by atoms with Crippen LogP contribution in [0.5, 0.6) is 0 Å². The molecule has 2 rings (SSSR count). The zero-order valence-corrected chi connectivity index (χ0v) is 8.59. The summed E-state index contributed by atoms with van der Waals surface area (Å²) in [7, 11) is 0. The topological polar surface area (TPSA) is 0 Å². The largest absolute Gasteiger partial charge is 0.0619 e. The number of benzene rings is 1. The van der Waals surface area contributed by atoms with Crippen molar-refractivity contribution < 1.29 is 0 Å². The van der Waals surface area contributed by atoms with E-state index in [1.165, 1.54) is 11.1 Å². The van der Waals surface area contributed by atoms with E-state index in [-0.39, 0.29) is 5.41 Å². The van der Waals surface area contributed by atoms with Gasteiger partial charge in [-0.05, 0) is 17.5 Å². The van der Waals surface area contributed by atoms with Crippen molar-refractivity contribution in [1.82, 2.24) is 0 Å². The molecule has 0 saturated carbocycles. The number of allylic oxidation sites excluding steroid dienone is 1. The van der Waals surface area contributed by atoms with Crippen LogP contribution in [0, 0.1) is 0 Å². The van der Waals surface area contributed by atoms with Crippen LogP contribution in [-0.4, -0.2) is 0 Å². The second-order valence-corrected chi connectivity index (χ2v) is 4.24. The average Bonchev–Trinajstić information content (AvgIpc) is 2.39. The molecule has 0 radical (unpaired) electrons. The summed E-state index contributed by atoms with van der Waals surface area (Å²) in [6.07, 6.45) is 3.50. The normalized spacial score (nSPS) is 18.2. The van der Waals surface area contributed by atoms with E-state index in [2.05, 4.69) is 51.1 Å². The summed E-state index contributed by atoms with van der Waals surface area (Å²) in [5, 5.41) is 0. The van der Waals surface area contributed by atoms with Gasteiger partial charge in [-0.15, -0.1) is 0 Å². The monoisotopic (exact) mass is 172 g/mol. The van der Waals surface area contributed by atoms with Crippen molar-refractivity contribution in [2.45, 2.75) is 32.6 Å². The Labute approximate surface area is 80.3 Å². The highest BCUT2D eigenvalue weighted by Gasteiger charge is 2.30. The molecular weight excluding hydrogens is 156 g/mol. The Balaban J connectivity index is 2.58. The second kappa shape index (κ2) is 2.73. The van der Waals surface area contributed by atoms with E-state index in [1.54, 1.807) is 5.57 Å². The molecule has 0 atom stereocenters. The van der Waals surface area contributed by atoms with E-state index >= 15 is 0 Å². The third kappa shape index (κ3) is 1.13. The van der Waals surface area contributed by atoms with Crippen LogP contribution in [0.4, 0.5) is 0 Å². The SMILES string of the molecule is CCC1=Cc2ccccc2C1(C)C. The van der Waals surface area contributed by atoms with Gasteiger partial charge in [-0.3, -0.25) is 0 Å². The quantitative estimate of drug-likeness (QED) is 0.605. The molecule has 0 aliphatic heterocycles. The van der Waals surface area contributed by atoms with Crippen LogP contribution in [0.2, 0.25) is 0 Å². The lowest BCUT2D eigenvalue weighted by Crippen LogP contribution is -2.16. The summed E-state index contributed by atoms with van der Waals surface area (Å²) in [5.41, 5.74) is 4.69. The molecule has 1 aliphatic carbocycles. The molecule has 0 bridgehead atoms. The van der Waals surface area contributed by atoms with Crippen molar-refractivity contribution >= 4 is 6.08 Å². The number of rotatable bonds is 1. The van der Waals surface area contributed by atoms with Gasteiger partial charge in [0.1, 0.15) is 0 Å². The zero-order valence-electron chi connectivity index (χ0n) is 8.59. The van der Waals surface area contributed by atoms with E-state index < -0.39 is 0 Å². The van der Waals surface area contributed by atoms with Gasteiger partial charge in [0, 0.05) is 5.41 Å². The van der Waals surface area contributed by atoms with Crippen molar-refractivity contribution in [2.75, 3.05) is 0 Å². The molecular formula is C13H16. The Hall–Kier alpha value is -1.04. The number of hydrogen-bond acceptors (Lipinski definition) is 0. The van der Waals surface area contributed by atoms with Gasteiger partial charge in [0.25, 0.3) is 0 Å². The van der Waals surface area contributed by atoms with E-state index in [9.17, 15) is 0 Å². The van der Waals surface area contributed by atoms with Gasteiger partial charge in [0.05, 0.1) is 0 Å².